The van der Waals surface area contributed by atoms with E-state index in [2.05, 4.69) is 42.5 Å². The molecule has 3 rings (SSSR count). The molecular formula is C52H90N10O23. The molecule has 3 aliphatic heterocycles. The summed E-state index contributed by atoms with van der Waals surface area (Å²) in [6.45, 7) is 12.8. The molecule has 0 aromatic carbocycles. The summed E-state index contributed by atoms with van der Waals surface area (Å²) >= 11 is 0. The van der Waals surface area contributed by atoms with E-state index in [1.807, 2.05) is 0 Å². The van der Waals surface area contributed by atoms with Gasteiger partial charge in [-0.15, -0.1) is 0 Å². The van der Waals surface area contributed by atoms with Gasteiger partial charge in [0.15, 0.2) is 12.6 Å². The van der Waals surface area contributed by atoms with E-state index in [0.717, 1.165) is 6.92 Å². The van der Waals surface area contributed by atoms with Gasteiger partial charge in [-0.25, -0.2) is 4.79 Å². The van der Waals surface area contributed by atoms with Crippen molar-refractivity contribution in [1.29, 1.82) is 0 Å². The summed E-state index contributed by atoms with van der Waals surface area (Å²) in [4.78, 5) is 134. The first-order valence-corrected chi connectivity index (χ1v) is 28.1. The van der Waals surface area contributed by atoms with Gasteiger partial charge in [-0.1, -0.05) is 55.4 Å². The Labute approximate surface area is 491 Å². The van der Waals surface area contributed by atoms with Crippen molar-refractivity contribution in [3.8, 4) is 0 Å². The van der Waals surface area contributed by atoms with Crippen LogP contribution in [0.2, 0.25) is 0 Å². The van der Waals surface area contributed by atoms with E-state index in [9.17, 15) is 93.9 Å². The Kier molecular flexibility index (Phi) is 28.8. The van der Waals surface area contributed by atoms with Crippen LogP contribution in [0.4, 0.5) is 0 Å². The molecule has 0 saturated carbocycles. The van der Waals surface area contributed by atoms with Gasteiger partial charge in [-0.3, -0.25) is 43.2 Å². The first-order chi connectivity index (χ1) is 39.7. The van der Waals surface area contributed by atoms with Crippen molar-refractivity contribution in [2.45, 2.75) is 211 Å². The van der Waals surface area contributed by atoms with Gasteiger partial charge in [0.2, 0.25) is 53.2 Å². The minimum absolute atomic E-state index is 0.0475. The van der Waals surface area contributed by atoms with Gasteiger partial charge in [0.05, 0.1) is 32.5 Å². The van der Waals surface area contributed by atoms with E-state index < -0.39 is 231 Å². The number of carboxylic acids is 1. The Bertz CT molecular complexity index is 2300. The molecule has 486 valence electrons. The first-order valence-electron chi connectivity index (χ1n) is 28.1. The molecule has 9 amide bonds. The number of nitrogens with zero attached hydrogens (tertiary/aromatic N) is 1. The van der Waals surface area contributed by atoms with Gasteiger partial charge in [0, 0.05) is 13.5 Å². The molecule has 0 radical (unpaired) electrons. The van der Waals surface area contributed by atoms with E-state index in [4.69, 9.17) is 24.7 Å². The van der Waals surface area contributed by atoms with Crippen molar-refractivity contribution in [2.75, 3.05) is 33.0 Å². The molecule has 19 N–H and O–H groups in total. The highest BCUT2D eigenvalue weighted by Crippen LogP contribution is 2.31. The summed E-state index contributed by atoms with van der Waals surface area (Å²) < 4.78 is 23.1. The SMILES string of the molecule is CC(=O)N[C@H]1[C@@H](O[C@H](C)[C@H](N)C(=O)N[C@H](C(=O)N2CCC[C@H]2C(=O)N[C@@H](C)C(=O)N[C@@H](CO)C(=O)N[C@H](C(=O)N[C@H](C(=O)N[C@H](C(=O)N[C@@H](CO)C(=O)O)C(C)C)C(C)C)C(C)C)C(C)C)O[C@H](CO)[C@H](O)[C@@H]1O[C@@H]1O[C@H](CO)[C@H](O)[C@H](O)[C@H]1O. The van der Waals surface area contributed by atoms with Gasteiger partial charge in [-0.05, 0) is 50.4 Å². The van der Waals surface area contributed by atoms with Crippen LogP contribution >= 0.6 is 0 Å². The average Bonchev–Trinajstić information content (AvgIpc) is 2.08. The number of likely N-dealkylation sites (tertiary alicyclic amines) is 1. The van der Waals surface area contributed by atoms with Crippen molar-refractivity contribution in [2.24, 2.45) is 29.4 Å². The molecule has 0 spiro atoms. The number of hydrogen-bond acceptors (Lipinski definition) is 23. The fourth-order valence-electron chi connectivity index (χ4n) is 9.48. The molecule has 3 heterocycles. The highest BCUT2D eigenvalue weighted by molar-refractivity contribution is 5.98. The number of carbonyl (C=O) groups excluding carboxylic acids is 9. The molecule has 3 saturated heterocycles. The zero-order valence-corrected chi connectivity index (χ0v) is 49.6. The standard InChI is InChI=1S/C52H90N10O23/c1-19(2)32(46(76)57-27(16-64)50(80)81)59-48(78)34(21(5)6)60-47(77)33(20(3)4)58-43(73)26(15-63)56-42(72)23(9)54-44(74)28-13-12-14-62(28)49(79)35(22(7)8)61-45(75)31(53)24(10)82-51-36(55-25(11)67)41(38(69)30(18-66)83-51)85-52-40(71)39(70)37(68)29(17-65)84-52/h19-24,26-41,51-52,63-66,68-71H,12-18,53H2,1-11H3,(H,54,74)(H,55,67)(H,56,72)(H,57,76)(H,58,73)(H,59,78)(H,60,77)(H,61,75)(H,80,81)/t23-,24+,26-,27-,28-,29+,30+,31-,32-,33-,34-,35-,36+,37-,38-,39-,40+,41+,51-,52-/m0/s1. The summed E-state index contributed by atoms with van der Waals surface area (Å²) in [5, 5.41) is 111. The smallest absolute Gasteiger partial charge is 0.328 e. The number of carbonyl (C=O) groups is 10. The van der Waals surface area contributed by atoms with Crippen LogP contribution in [-0.2, 0) is 66.9 Å². The Hall–Kier alpha value is -5.82. The van der Waals surface area contributed by atoms with Crippen molar-refractivity contribution >= 4 is 59.1 Å². The lowest BCUT2D eigenvalue weighted by atomic mass is 9.95. The fraction of sp³-hybridized carbons (Fsp3) is 0.808. The first kappa shape index (κ1) is 73.4. The molecule has 33 heteroatoms. The summed E-state index contributed by atoms with van der Waals surface area (Å²) in [7, 11) is 0. The van der Waals surface area contributed by atoms with Gasteiger partial charge in [0.1, 0.15) is 103 Å². The second-order valence-corrected chi connectivity index (χ2v) is 22.8. The normalized spacial score (nSPS) is 27.5. The molecular weight excluding hydrogens is 1130 g/mol. The summed E-state index contributed by atoms with van der Waals surface area (Å²) in [5.74, 6) is -11.7. The van der Waals surface area contributed by atoms with Crippen LogP contribution < -0.4 is 48.3 Å². The highest BCUT2D eigenvalue weighted by atomic mass is 16.7. The number of aliphatic carboxylic acids is 1. The van der Waals surface area contributed by atoms with E-state index in [1.54, 1.807) is 55.4 Å². The van der Waals surface area contributed by atoms with E-state index in [-0.39, 0.29) is 13.0 Å². The minimum Gasteiger partial charge on any atom is -0.480 e. The predicted molar refractivity (Wildman–Crippen MR) is 292 cm³/mol. The zero-order chi connectivity index (χ0) is 64.6. The molecule has 20 atom stereocenters. The maximum atomic E-state index is 14.3. The Morgan fingerprint density at radius 1 is 0.565 bits per heavy atom. The lowest BCUT2D eigenvalue weighted by Gasteiger charge is -2.48. The largest absolute Gasteiger partial charge is 0.480 e. The van der Waals surface area contributed by atoms with Gasteiger partial charge in [-0.2, -0.15) is 0 Å². The Morgan fingerprint density at radius 2 is 1.02 bits per heavy atom. The zero-order valence-electron chi connectivity index (χ0n) is 49.6. The number of amides is 9. The van der Waals surface area contributed by atoms with Crippen LogP contribution in [0, 0.1) is 23.7 Å². The molecule has 3 aliphatic rings. The number of aliphatic hydroxyl groups excluding tert-OH is 8. The quantitative estimate of drug-likeness (QED) is 0.0318. The number of aliphatic hydroxyl groups is 8. The Morgan fingerprint density at radius 3 is 1.49 bits per heavy atom. The lowest BCUT2D eigenvalue weighted by Crippen LogP contribution is -2.68. The van der Waals surface area contributed by atoms with Crippen LogP contribution in [0.5, 0.6) is 0 Å². The summed E-state index contributed by atoms with van der Waals surface area (Å²) in [6, 6.07) is -14.2. The van der Waals surface area contributed by atoms with E-state index in [0.29, 0.717) is 6.42 Å². The summed E-state index contributed by atoms with van der Waals surface area (Å²) in [5.41, 5.74) is 6.37. The van der Waals surface area contributed by atoms with Gasteiger partial charge in [0.25, 0.3) is 0 Å². The topological polar surface area (TPSA) is 515 Å². The number of carboxylic acid groups (broad SMARTS) is 1. The molecule has 0 bridgehead atoms. The van der Waals surface area contributed by atoms with Gasteiger partial charge >= 0.3 is 5.97 Å². The van der Waals surface area contributed by atoms with Crippen molar-refractivity contribution in [3.63, 3.8) is 0 Å². The number of nitrogens with two attached hydrogens (primary N) is 1. The molecule has 0 aromatic heterocycles. The maximum Gasteiger partial charge on any atom is 0.328 e. The van der Waals surface area contributed by atoms with E-state index in [1.165, 1.54) is 18.7 Å². The van der Waals surface area contributed by atoms with Crippen molar-refractivity contribution < 1.29 is 113 Å². The van der Waals surface area contributed by atoms with Crippen LogP contribution in [-0.4, -0.2) is 265 Å². The third-order valence-corrected chi connectivity index (χ3v) is 14.7. The van der Waals surface area contributed by atoms with Crippen LogP contribution in [0.1, 0.15) is 89.0 Å². The number of ether oxygens (including phenoxy) is 4. The molecule has 33 nitrogen and oxygen atoms in total. The predicted octanol–water partition coefficient (Wildman–Crippen LogP) is -8.42. The average molecular weight is 1220 g/mol. The second-order valence-electron chi connectivity index (χ2n) is 22.8. The fourth-order valence-corrected chi connectivity index (χ4v) is 9.48. The molecule has 85 heavy (non-hydrogen) atoms. The molecule has 0 unspecified atom stereocenters. The molecule has 0 aromatic rings. The van der Waals surface area contributed by atoms with Crippen LogP contribution in [0.25, 0.3) is 0 Å². The molecule has 0 aliphatic carbocycles. The number of hydrogen-bond donors (Lipinski definition) is 18. The third kappa shape index (κ3) is 19.6. The third-order valence-electron chi connectivity index (χ3n) is 14.7. The highest BCUT2D eigenvalue weighted by Gasteiger charge is 2.53. The number of rotatable bonds is 30. The monoisotopic (exact) mass is 1220 g/mol. The van der Waals surface area contributed by atoms with Gasteiger partial charge < -0.3 is 118 Å². The van der Waals surface area contributed by atoms with E-state index >= 15 is 0 Å². The summed E-state index contributed by atoms with van der Waals surface area (Å²) in [6.07, 6.45) is -16.3. The van der Waals surface area contributed by atoms with Crippen molar-refractivity contribution in [1.82, 2.24) is 47.4 Å². The van der Waals surface area contributed by atoms with Crippen LogP contribution in [0.15, 0.2) is 0 Å². The lowest BCUT2D eigenvalue weighted by molar-refractivity contribution is -0.347. The second kappa shape index (κ2) is 33.3. The maximum absolute atomic E-state index is 14.3. The molecule has 3 fully saturated rings. The Balaban J connectivity index is 1.69. The number of nitrogens with one attached hydrogen (secondary N) is 8. The van der Waals surface area contributed by atoms with Crippen LogP contribution in [0.3, 0.4) is 0 Å². The van der Waals surface area contributed by atoms with Crippen molar-refractivity contribution in [3.05, 3.63) is 0 Å². The minimum atomic E-state index is -1.94.